The van der Waals surface area contributed by atoms with E-state index in [1.54, 1.807) is 23.2 Å². The molecule has 2 N–H and O–H groups in total. The molecule has 1 aromatic carbocycles. The number of amides is 2. The summed E-state index contributed by atoms with van der Waals surface area (Å²) in [7, 11) is 0. The Morgan fingerprint density at radius 3 is 2.70 bits per heavy atom. The molecule has 1 aliphatic rings. The van der Waals surface area contributed by atoms with E-state index in [-0.39, 0.29) is 12.0 Å². The van der Waals surface area contributed by atoms with Crippen molar-refractivity contribution in [2.75, 3.05) is 19.7 Å². The number of hydrogen-bond donors (Lipinski definition) is 1. The van der Waals surface area contributed by atoms with Gasteiger partial charge in [-0.3, -0.25) is 9.59 Å². The molecule has 166 valence electrons. The van der Waals surface area contributed by atoms with Gasteiger partial charge in [0.1, 0.15) is 17.4 Å². The largest absolute Gasteiger partial charge is 0.368 e. The number of primary amides is 1. The Hall–Kier alpha value is -4.04. The van der Waals surface area contributed by atoms with Crippen LogP contribution in [0.5, 0.6) is 0 Å². The SMILES string of the molecule is Cc1ccn2cc(C(=O)N3CCO[C@@H](c4cccc(-c5ccc(C(N)=O)cc5)n4)C3)nc2c1. The van der Waals surface area contributed by atoms with E-state index < -0.39 is 5.91 Å². The Morgan fingerprint density at radius 2 is 1.91 bits per heavy atom. The number of ether oxygens (including phenoxy) is 1. The summed E-state index contributed by atoms with van der Waals surface area (Å²) in [5.74, 6) is -0.591. The molecular formula is C25H23N5O3. The molecule has 5 rings (SSSR count). The van der Waals surface area contributed by atoms with Gasteiger partial charge in [0.05, 0.1) is 24.5 Å². The van der Waals surface area contributed by atoms with Crippen LogP contribution in [0.1, 0.15) is 38.2 Å². The molecule has 8 nitrogen and oxygen atoms in total. The van der Waals surface area contributed by atoms with Crippen LogP contribution in [0.25, 0.3) is 16.9 Å². The van der Waals surface area contributed by atoms with Crippen molar-refractivity contribution in [3.63, 3.8) is 0 Å². The van der Waals surface area contributed by atoms with E-state index >= 15 is 0 Å². The number of imidazole rings is 1. The van der Waals surface area contributed by atoms with Crippen LogP contribution in [-0.2, 0) is 4.74 Å². The average molecular weight is 441 g/mol. The molecule has 0 bridgehead atoms. The first-order valence-electron chi connectivity index (χ1n) is 10.7. The van der Waals surface area contributed by atoms with E-state index in [1.807, 2.05) is 60.0 Å². The number of pyridine rings is 2. The van der Waals surface area contributed by atoms with E-state index in [0.29, 0.717) is 31.0 Å². The molecule has 3 aromatic heterocycles. The number of morpholine rings is 1. The maximum absolute atomic E-state index is 13.1. The summed E-state index contributed by atoms with van der Waals surface area (Å²) < 4.78 is 7.81. The molecule has 1 saturated heterocycles. The Morgan fingerprint density at radius 1 is 1.09 bits per heavy atom. The van der Waals surface area contributed by atoms with Crippen LogP contribution in [0.4, 0.5) is 0 Å². The predicted octanol–water partition coefficient (Wildman–Crippen LogP) is 3.02. The second-order valence-electron chi connectivity index (χ2n) is 8.10. The van der Waals surface area contributed by atoms with Crippen molar-refractivity contribution in [3.8, 4) is 11.3 Å². The molecule has 1 fully saturated rings. The van der Waals surface area contributed by atoms with E-state index in [1.165, 1.54) is 0 Å². The van der Waals surface area contributed by atoms with Gasteiger partial charge in [0.25, 0.3) is 5.91 Å². The summed E-state index contributed by atoms with van der Waals surface area (Å²) in [5.41, 5.74) is 10.4. The summed E-state index contributed by atoms with van der Waals surface area (Å²) in [6.45, 7) is 3.30. The Balaban J connectivity index is 1.35. The van der Waals surface area contributed by atoms with Crippen molar-refractivity contribution in [3.05, 3.63) is 89.5 Å². The number of aryl methyl sites for hydroxylation is 1. The van der Waals surface area contributed by atoms with E-state index in [4.69, 9.17) is 15.5 Å². The van der Waals surface area contributed by atoms with Crippen LogP contribution in [0.2, 0.25) is 0 Å². The fourth-order valence-corrected chi connectivity index (χ4v) is 3.96. The lowest BCUT2D eigenvalue weighted by molar-refractivity contribution is -0.0248. The monoisotopic (exact) mass is 441 g/mol. The van der Waals surface area contributed by atoms with Gasteiger partial charge in [0, 0.05) is 30.1 Å². The molecule has 8 heteroatoms. The van der Waals surface area contributed by atoms with E-state index in [0.717, 1.165) is 28.2 Å². The standard InChI is InChI=1S/C25H23N5O3/c1-16-9-10-29-14-21(28-23(29)13-16)25(32)30-11-12-33-22(15-30)20-4-2-3-19(27-20)17-5-7-18(8-6-17)24(26)31/h2-10,13-14,22H,11-12,15H2,1H3,(H2,26,31)/t22-/m1/s1. The van der Waals surface area contributed by atoms with Gasteiger partial charge in [-0.1, -0.05) is 18.2 Å². The van der Waals surface area contributed by atoms with Gasteiger partial charge in [-0.05, 0) is 48.9 Å². The summed E-state index contributed by atoms with van der Waals surface area (Å²) >= 11 is 0. The zero-order valence-corrected chi connectivity index (χ0v) is 18.1. The highest BCUT2D eigenvalue weighted by Crippen LogP contribution is 2.25. The minimum atomic E-state index is -0.468. The number of nitrogens with zero attached hydrogens (tertiary/aromatic N) is 4. The first-order valence-corrected chi connectivity index (χ1v) is 10.7. The quantitative estimate of drug-likeness (QED) is 0.524. The molecule has 2 amide bonds. The molecule has 0 saturated carbocycles. The number of benzene rings is 1. The molecule has 0 spiro atoms. The number of fused-ring (bicyclic) bond motifs is 1. The molecule has 1 atom stereocenters. The number of hydrogen-bond acceptors (Lipinski definition) is 5. The highest BCUT2D eigenvalue weighted by Gasteiger charge is 2.28. The van der Waals surface area contributed by atoms with E-state index in [9.17, 15) is 9.59 Å². The van der Waals surface area contributed by atoms with Crippen LogP contribution >= 0.6 is 0 Å². The van der Waals surface area contributed by atoms with Crippen molar-refractivity contribution >= 4 is 17.5 Å². The van der Waals surface area contributed by atoms with Crippen LogP contribution in [0.15, 0.2) is 67.0 Å². The van der Waals surface area contributed by atoms with Crippen molar-refractivity contribution in [2.24, 2.45) is 5.73 Å². The molecular weight excluding hydrogens is 418 g/mol. The van der Waals surface area contributed by atoms with Gasteiger partial charge in [0.2, 0.25) is 5.91 Å². The molecule has 33 heavy (non-hydrogen) atoms. The average Bonchev–Trinajstić information content (AvgIpc) is 3.27. The number of rotatable bonds is 4. The zero-order chi connectivity index (χ0) is 22.9. The molecule has 1 aliphatic heterocycles. The van der Waals surface area contributed by atoms with Gasteiger partial charge in [-0.15, -0.1) is 0 Å². The fraction of sp³-hybridized carbons (Fsp3) is 0.200. The third-order valence-electron chi connectivity index (χ3n) is 5.75. The topological polar surface area (TPSA) is 103 Å². The maximum atomic E-state index is 13.1. The number of aromatic nitrogens is 3. The van der Waals surface area contributed by atoms with Gasteiger partial charge in [0.15, 0.2) is 0 Å². The van der Waals surface area contributed by atoms with E-state index in [2.05, 4.69) is 4.98 Å². The van der Waals surface area contributed by atoms with Gasteiger partial charge in [-0.25, -0.2) is 9.97 Å². The number of carbonyl (C=O) groups excluding carboxylic acids is 2. The summed E-state index contributed by atoms with van der Waals surface area (Å²) in [6, 6.07) is 16.6. The van der Waals surface area contributed by atoms with Gasteiger partial charge in [-0.2, -0.15) is 0 Å². The third kappa shape index (κ3) is 4.20. The zero-order valence-electron chi connectivity index (χ0n) is 18.1. The smallest absolute Gasteiger partial charge is 0.274 e. The molecule has 0 radical (unpaired) electrons. The van der Waals surface area contributed by atoms with Gasteiger partial charge >= 0.3 is 0 Å². The lowest BCUT2D eigenvalue weighted by Gasteiger charge is -2.32. The summed E-state index contributed by atoms with van der Waals surface area (Å²) in [6.07, 6.45) is 3.32. The maximum Gasteiger partial charge on any atom is 0.274 e. The van der Waals surface area contributed by atoms with Crippen molar-refractivity contribution in [2.45, 2.75) is 13.0 Å². The molecule has 4 aromatic rings. The van der Waals surface area contributed by atoms with Crippen LogP contribution in [-0.4, -0.2) is 50.8 Å². The van der Waals surface area contributed by atoms with Crippen LogP contribution in [0.3, 0.4) is 0 Å². The molecule has 0 aliphatic carbocycles. The summed E-state index contributed by atoms with van der Waals surface area (Å²) in [5, 5.41) is 0. The lowest BCUT2D eigenvalue weighted by atomic mass is 10.1. The normalized spacial score (nSPS) is 16.2. The second-order valence-corrected chi connectivity index (χ2v) is 8.10. The Bertz CT molecular complexity index is 1350. The first-order chi connectivity index (χ1) is 16.0. The van der Waals surface area contributed by atoms with Crippen LogP contribution in [0, 0.1) is 6.92 Å². The highest BCUT2D eigenvalue weighted by molar-refractivity contribution is 5.93. The minimum Gasteiger partial charge on any atom is -0.368 e. The number of carbonyl (C=O) groups is 2. The van der Waals surface area contributed by atoms with Gasteiger partial charge < -0.3 is 19.8 Å². The predicted molar refractivity (Wildman–Crippen MR) is 123 cm³/mol. The highest BCUT2D eigenvalue weighted by atomic mass is 16.5. The fourth-order valence-electron chi connectivity index (χ4n) is 3.96. The Labute approximate surface area is 190 Å². The van der Waals surface area contributed by atoms with Crippen molar-refractivity contribution < 1.29 is 14.3 Å². The molecule has 0 unspecified atom stereocenters. The lowest BCUT2D eigenvalue weighted by Crippen LogP contribution is -2.42. The van der Waals surface area contributed by atoms with Crippen LogP contribution < -0.4 is 5.73 Å². The van der Waals surface area contributed by atoms with Crippen molar-refractivity contribution in [1.82, 2.24) is 19.3 Å². The minimum absolute atomic E-state index is 0.122. The first kappa shape index (κ1) is 20.8. The Kier molecular flexibility index (Phi) is 5.35. The third-order valence-corrected chi connectivity index (χ3v) is 5.75. The number of nitrogens with two attached hydrogens (primary N) is 1. The summed E-state index contributed by atoms with van der Waals surface area (Å²) in [4.78, 5) is 35.5. The molecule has 4 heterocycles. The van der Waals surface area contributed by atoms with Crippen molar-refractivity contribution in [1.29, 1.82) is 0 Å². The second kappa shape index (κ2) is 8.48.